The Labute approximate surface area is 107 Å². The summed E-state index contributed by atoms with van der Waals surface area (Å²) in [5.41, 5.74) is 1.38. The molecule has 1 fully saturated rings. The summed E-state index contributed by atoms with van der Waals surface area (Å²) in [5, 5.41) is 0.0532. The van der Waals surface area contributed by atoms with Crippen molar-refractivity contribution in [3.63, 3.8) is 0 Å². The molecule has 92 valence electrons. The number of halogens is 1. The fourth-order valence-corrected chi connectivity index (χ4v) is 2.32. The Bertz CT molecular complexity index is 422. The predicted molar refractivity (Wildman–Crippen MR) is 68.3 cm³/mol. The Morgan fingerprint density at radius 1 is 1.53 bits per heavy atom. The Balaban J connectivity index is 2.10. The minimum absolute atomic E-state index is 0.00810. The molecule has 1 aromatic heterocycles. The van der Waals surface area contributed by atoms with Crippen LogP contribution in [0.15, 0.2) is 18.2 Å². The molecule has 2 unspecified atom stereocenters. The maximum Gasteiger partial charge on any atom is 0.272 e. The Morgan fingerprint density at radius 2 is 2.29 bits per heavy atom. The second kappa shape index (κ2) is 5.05. The largest absolute Gasteiger partial charge is 0.336 e. The number of rotatable bonds is 1. The van der Waals surface area contributed by atoms with E-state index in [1.165, 1.54) is 0 Å². The maximum absolute atomic E-state index is 12.2. The van der Waals surface area contributed by atoms with E-state index in [4.69, 9.17) is 11.6 Å². The minimum Gasteiger partial charge on any atom is -0.336 e. The fourth-order valence-electron chi connectivity index (χ4n) is 2.03. The number of aryl methyl sites for hydroxylation is 1. The van der Waals surface area contributed by atoms with Crippen molar-refractivity contribution in [3.8, 4) is 0 Å². The number of nitrogens with zero attached hydrogens (tertiary/aromatic N) is 2. The molecule has 0 N–H and O–H groups in total. The highest BCUT2D eigenvalue weighted by atomic mass is 35.5. The quantitative estimate of drug-likeness (QED) is 0.720. The molecule has 0 radical (unpaired) electrons. The lowest BCUT2D eigenvalue weighted by Crippen LogP contribution is -2.44. The normalized spacial score (nSPS) is 24.8. The molecule has 1 aromatic rings. The van der Waals surface area contributed by atoms with Gasteiger partial charge in [0.05, 0.1) is 5.38 Å². The Hall–Kier alpha value is -1.09. The van der Waals surface area contributed by atoms with Gasteiger partial charge in [-0.3, -0.25) is 4.79 Å². The van der Waals surface area contributed by atoms with Crippen LogP contribution in [0.5, 0.6) is 0 Å². The van der Waals surface area contributed by atoms with Crippen molar-refractivity contribution < 1.29 is 4.79 Å². The van der Waals surface area contributed by atoms with Crippen molar-refractivity contribution >= 4 is 17.5 Å². The predicted octanol–water partition coefficient (Wildman–Crippen LogP) is 2.48. The first-order valence-electron chi connectivity index (χ1n) is 5.95. The van der Waals surface area contributed by atoms with Crippen LogP contribution in [0, 0.1) is 12.8 Å². The molecule has 0 aliphatic carbocycles. The number of hydrogen-bond donors (Lipinski definition) is 0. The second-order valence-electron chi connectivity index (χ2n) is 4.70. The van der Waals surface area contributed by atoms with Gasteiger partial charge in [0, 0.05) is 18.8 Å². The van der Waals surface area contributed by atoms with Gasteiger partial charge in [-0.2, -0.15) is 0 Å². The zero-order valence-electron chi connectivity index (χ0n) is 10.2. The number of hydrogen-bond acceptors (Lipinski definition) is 2. The van der Waals surface area contributed by atoms with E-state index < -0.39 is 0 Å². The molecule has 4 heteroatoms. The van der Waals surface area contributed by atoms with Crippen LogP contribution in [0.4, 0.5) is 0 Å². The van der Waals surface area contributed by atoms with E-state index in [2.05, 4.69) is 11.9 Å². The first kappa shape index (κ1) is 12.4. The fraction of sp³-hybridized carbons (Fsp3) is 0.538. The van der Waals surface area contributed by atoms with E-state index in [1.807, 2.05) is 19.1 Å². The monoisotopic (exact) mass is 252 g/mol. The molecule has 3 nitrogen and oxygen atoms in total. The van der Waals surface area contributed by atoms with Crippen LogP contribution in [0.3, 0.4) is 0 Å². The molecule has 1 aliphatic heterocycles. The standard InChI is InChI=1S/C13H17ClN2O/c1-9-6-7-16(8-11(9)14)13(17)12-5-3-4-10(2)15-12/h3-5,9,11H,6-8H2,1-2H3. The van der Waals surface area contributed by atoms with Gasteiger partial charge in [0.15, 0.2) is 0 Å². The average molecular weight is 253 g/mol. The second-order valence-corrected chi connectivity index (χ2v) is 5.26. The summed E-state index contributed by atoms with van der Waals surface area (Å²) in [6, 6.07) is 5.51. The molecule has 0 aromatic carbocycles. The van der Waals surface area contributed by atoms with E-state index in [-0.39, 0.29) is 11.3 Å². The smallest absolute Gasteiger partial charge is 0.272 e. The molecule has 2 rings (SSSR count). The van der Waals surface area contributed by atoms with Crippen molar-refractivity contribution in [1.29, 1.82) is 0 Å². The van der Waals surface area contributed by atoms with E-state index in [9.17, 15) is 4.79 Å². The van der Waals surface area contributed by atoms with Crippen LogP contribution in [0.25, 0.3) is 0 Å². The summed E-state index contributed by atoms with van der Waals surface area (Å²) in [5.74, 6) is 0.470. The molecule has 1 saturated heterocycles. The number of aromatic nitrogens is 1. The minimum atomic E-state index is -0.00810. The van der Waals surface area contributed by atoms with Gasteiger partial charge in [-0.25, -0.2) is 4.98 Å². The lowest BCUT2D eigenvalue weighted by molar-refractivity contribution is 0.0695. The highest BCUT2D eigenvalue weighted by Gasteiger charge is 2.28. The summed E-state index contributed by atoms with van der Waals surface area (Å²) in [4.78, 5) is 18.3. The number of carbonyl (C=O) groups is 1. The SMILES string of the molecule is Cc1cccc(C(=O)N2CCC(C)C(Cl)C2)n1. The van der Waals surface area contributed by atoms with Crippen LogP contribution in [-0.4, -0.2) is 34.3 Å². The third-order valence-electron chi connectivity index (χ3n) is 3.26. The molecule has 0 bridgehead atoms. The summed E-state index contributed by atoms with van der Waals surface area (Å²) in [7, 11) is 0. The van der Waals surface area contributed by atoms with E-state index in [0.717, 1.165) is 18.7 Å². The lowest BCUT2D eigenvalue weighted by Gasteiger charge is -2.33. The van der Waals surface area contributed by atoms with Crippen molar-refractivity contribution in [2.75, 3.05) is 13.1 Å². The maximum atomic E-state index is 12.2. The van der Waals surface area contributed by atoms with Gasteiger partial charge < -0.3 is 4.90 Å². The van der Waals surface area contributed by atoms with Crippen molar-refractivity contribution in [1.82, 2.24) is 9.88 Å². The molecule has 2 atom stereocenters. The summed E-state index contributed by atoms with van der Waals surface area (Å²) in [6.45, 7) is 5.42. The summed E-state index contributed by atoms with van der Waals surface area (Å²) < 4.78 is 0. The van der Waals surface area contributed by atoms with Crippen LogP contribution in [-0.2, 0) is 0 Å². The molecule has 1 aliphatic rings. The van der Waals surface area contributed by atoms with Crippen LogP contribution >= 0.6 is 11.6 Å². The van der Waals surface area contributed by atoms with Crippen LogP contribution in [0.2, 0.25) is 0 Å². The van der Waals surface area contributed by atoms with E-state index >= 15 is 0 Å². The van der Waals surface area contributed by atoms with Gasteiger partial charge in [-0.05, 0) is 31.4 Å². The highest BCUT2D eigenvalue weighted by molar-refractivity contribution is 6.21. The number of amides is 1. The number of carbonyl (C=O) groups excluding carboxylic acids is 1. The zero-order valence-corrected chi connectivity index (χ0v) is 10.9. The molecule has 1 amide bonds. The highest BCUT2D eigenvalue weighted by Crippen LogP contribution is 2.22. The zero-order chi connectivity index (χ0) is 12.4. The molecule has 17 heavy (non-hydrogen) atoms. The van der Waals surface area contributed by atoms with Gasteiger partial charge in [0.25, 0.3) is 5.91 Å². The first-order chi connectivity index (χ1) is 8.08. The number of piperidine rings is 1. The third-order valence-corrected chi connectivity index (χ3v) is 3.83. The Kier molecular flexibility index (Phi) is 3.67. The van der Waals surface area contributed by atoms with E-state index in [1.54, 1.807) is 11.0 Å². The number of pyridine rings is 1. The van der Waals surface area contributed by atoms with Crippen molar-refractivity contribution in [3.05, 3.63) is 29.6 Å². The topological polar surface area (TPSA) is 33.2 Å². The Morgan fingerprint density at radius 3 is 2.94 bits per heavy atom. The number of likely N-dealkylation sites (tertiary alicyclic amines) is 1. The molecule has 0 saturated carbocycles. The molecular formula is C13H17ClN2O. The van der Waals surface area contributed by atoms with E-state index in [0.29, 0.717) is 18.2 Å². The first-order valence-corrected chi connectivity index (χ1v) is 6.38. The van der Waals surface area contributed by atoms with Crippen LogP contribution < -0.4 is 0 Å². The van der Waals surface area contributed by atoms with Gasteiger partial charge in [0.2, 0.25) is 0 Å². The van der Waals surface area contributed by atoms with Crippen molar-refractivity contribution in [2.24, 2.45) is 5.92 Å². The van der Waals surface area contributed by atoms with Gasteiger partial charge in [0.1, 0.15) is 5.69 Å². The van der Waals surface area contributed by atoms with Gasteiger partial charge in [-0.15, -0.1) is 11.6 Å². The summed E-state index contributed by atoms with van der Waals surface area (Å²) in [6.07, 6.45) is 0.964. The average Bonchev–Trinajstić information content (AvgIpc) is 2.32. The molecule has 0 spiro atoms. The van der Waals surface area contributed by atoms with Crippen molar-refractivity contribution in [2.45, 2.75) is 25.6 Å². The lowest BCUT2D eigenvalue weighted by atomic mass is 9.98. The van der Waals surface area contributed by atoms with Crippen LogP contribution in [0.1, 0.15) is 29.5 Å². The van der Waals surface area contributed by atoms with Gasteiger partial charge >= 0.3 is 0 Å². The third kappa shape index (κ3) is 2.78. The summed E-state index contributed by atoms with van der Waals surface area (Å²) >= 11 is 6.21. The molecular weight excluding hydrogens is 236 g/mol. The molecule has 2 heterocycles. The van der Waals surface area contributed by atoms with Gasteiger partial charge in [-0.1, -0.05) is 13.0 Å². The number of alkyl halides is 1.